The molecule has 0 aliphatic heterocycles. The van der Waals surface area contributed by atoms with Crippen molar-refractivity contribution in [2.75, 3.05) is 6.54 Å². The highest BCUT2D eigenvalue weighted by atomic mass is 16.5. The van der Waals surface area contributed by atoms with Crippen LogP contribution in [0, 0.1) is 13.8 Å². The molecular weight excluding hydrogens is 362 g/mol. The Hall–Kier alpha value is -3.61. The largest absolute Gasteiger partial charge is 0.508 e. The highest BCUT2D eigenvalue weighted by Crippen LogP contribution is 2.27. The maximum Gasteiger partial charge on any atom is 0.336 e. The first-order chi connectivity index (χ1) is 13.3. The van der Waals surface area contributed by atoms with Crippen molar-refractivity contribution in [1.29, 1.82) is 0 Å². The number of nitrogens with one attached hydrogen (secondary N) is 1. The van der Waals surface area contributed by atoms with Crippen LogP contribution in [0.25, 0.3) is 11.0 Å². The van der Waals surface area contributed by atoms with Crippen LogP contribution < -0.4 is 10.9 Å². The monoisotopic (exact) mass is 381 g/mol. The average Bonchev–Trinajstić information content (AvgIpc) is 2.67. The van der Waals surface area contributed by atoms with Crippen LogP contribution in [0.15, 0.2) is 51.7 Å². The molecule has 7 nitrogen and oxygen atoms in total. The highest BCUT2D eigenvalue weighted by Gasteiger charge is 2.13. The summed E-state index contributed by atoms with van der Waals surface area (Å²) in [6.07, 6.45) is 0. The van der Waals surface area contributed by atoms with Crippen LogP contribution >= 0.6 is 0 Å². The third-order valence-electron chi connectivity index (χ3n) is 4.28. The standard InChI is InChI=1S/C21H19NO6/c1-12-4-3-5-14(8-12)21(26)22-10-19(25)27-11-15-9-18(24)28-20-13(2)17(23)7-6-16(15)20/h3-9,23H,10-11H2,1-2H3,(H,22,26). The van der Waals surface area contributed by atoms with Crippen LogP contribution in [0.5, 0.6) is 5.75 Å². The minimum absolute atomic E-state index is 0.00339. The van der Waals surface area contributed by atoms with E-state index in [4.69, 9.17) is 9.15 Å². The number of fused-ring (bicyclic) bond motifs is 1. The smallest absolute Gasteiger partial charge is 0.336 e. The van der Waals surface area contributed by atoms with E-state index < -0.39 is 11.6 Å². The SMILES string of the molecule is Cc1cccc(C(=O)NCC(=O)OCc2cc(=O)oc3c(C)c(O)ccc23)c1. The van der Waals surface area contributed by atoms with Crippen molar-refractivity contribution < 1.29 is 23.8 Å². The molecule has 1 amide bonds. The minimum atomic E-state index is -0.641. The Morgan fingerprint density at radius 3 is 2.68 bits per heavy atom. The number of carbonyl (C=O) groups is 2. The molecular formula is C21H19NO6. The number of phenols is 1. The van der Waals surface area contributed by atoms with Crippen LogP contribution in [-0.2, 0) is 16.1 Å². The average molecular weight is 381 g/mol. The van der Waals surface area contributed by atoms with Gasteiger partial charge in [0.1, 0.15) is 24.5 Å². The lowest BCUT2D eigenvalue weighted by molar-refractivity contribution is -0.143. The van der Waals surface area contributed by atoms with E-state index >= 15 is 0 Å². The second kappa shape index (κ2) is 7.96. The van der Waals surface area contributed by atoms with Crippen LogP contribution in [-0.4, -0.2) is 23.5 Å². The van der Waals surface area contributed by atoms with Crippen molar-refractivity contribution in [3.05, 3.63) is 75.1 Å². The molecule has 144 valence electrons. The van der Waals surface area contributed by atoms with Gasteiger partial charge in [0.05, 0.1) is 0 Å². The molecule has 0 fully saturated rings. The molecule has 3 rings (SSSR count). The molecule has 28 heavy (non-hydrogen) atoms. The van der Waals surface area contributed by atoms with Gasteiger partial charge < -0.3 is 19.6 Å². The first-order valence-corrected chi connectivity index (χ1v) is 8.61. The number of amides is 1. The van der Waals surface area contributed by atoms with Crippen molar-refractivity contribution in [3.8, 4) is 5.75 Å². The van der Waals surface area contributed by atoms with Gasteiger partial charge in [-0.25, -0.2) is 4.79 Å². The zero-order valence-corrected chi connectivity index (χ0v) is 15.4. The van der Waals surface area contributed by atoms with E-state index in [0.29, 0.717) is 22.1 Å². The van der Waals surface area contributed by atoms with Gasteiger partial charge in [-0.1, -0.05) is 17.7 Å². The van der Waals surface area contributed by atoms with Gasteiger partial charge >= 0.3 is 11.6 Å². The minimum Gasteiger partial charge on any atom is -0.508 e. The van der Waals surface area contributed by atoms with Crippen LogP contribution in [0.1, 0.15) is 27.0 Å². The summed E-state index contributed by atoms with van der Waals surface area (Å²) in [6, 6.07) is 11.3. The molecule has 0 bridgehead atoms. The number of hydrogen-bond donors (Lipinski definition) is 2. The van der Waals surface area contributed by atoms with Crippen molar-refractivity contribution >= 4 is 22.8 Å². The quantitative estimate of drug-likeness (QED) is 0.520. The van der Waals surface area contributed by atoms with Gasteiger partial charge in [0.15, 0.2) is 0 Å². The fraction of sp³-hybridized carbons (Fsp3) is 0.190. The lowest BCUT2D eigenvalue weighted by Crippen LogP contribution is -2.30. The second-order valence-electron chi connectivity index (χ2n) is 6.39. The van der Waals surface area contributed by atoms with E-state index in [1.54, 1.807) is 31.2 Å². The van der Waals surface area contributed by atoms with Crippen LogP contribution in [0.2, 0.25) is 0 Å². The first kappa shape index (κ1) is 19.2. The summed E-state index contributed by atoms with van der Waals surface area (Å²) in [7, 11) is 0. The molecule has 0 aliphatic carbocycles. The van der Waals surface area contributed by atoms with Gasteiger partial charge in [0, 0.05) is 28.1 Å². The molecule has 0 spiro atoms. The summed E-state index contributed by atoms with van der Waals surface area (Å²) in [5, 5.41) is 12.8. The predicted octanol–water partition coefficient (Wildman–Crippen LogP) is 2.59. The van der Waals surface area contributed by atoms with Gasteiger partial charge in [-0.3, -0.25) is 9.59 Å². The van der Waals surface area contributed by atoms with E-state index in [9.17, 15) is 19.5 Å². The Morgan fingerprint density at radius 2 is 1.93 bits per heavy atom. The third kappa shape index (κ3) is 4.20. The van der Waals surface area contributed by atoms with Gasteiger partial charge in [0.2, 0.25) is 0 Å². The Labute approximate surface area is 160 Å². The van der Waals surface area contributed by atoms with Crippen LogP contribution in [0.4, 0.5) is 0 Å². The van der Waals surface area contributed by atoms with E-state index in [1.807, 2.05) is 13.0 Å². The zero-order valence-electron chi connectivity index (χ0n) is 15.4. The molecule has 0 unspecified atom stereocenters. The molecule has 0 aliphatic rings. The first-order valence-electron chi connectivity index (χ1n) is 8.61. The molecule has 0 saturated heterocycles. The van der Waals surface area contributed by atoms with E-state index in [0.717, 1.165) is 5.56 Å². The number of benzene rings is 2. The number of ether oxygens (including phenoxy) is 1. The van der Waals surface area contributed by atoms with Gasteiger partial charge in [0.25, 0.3) is 5.91 Å². The number of aromatic hydroxyl groups is 1. The Bertz CT molecular complexity index is 1120. The van der Waals surface area contributed by atoms with Gasteiger partial charge in [-0.15, -0.1) is 0 Å². The molecule has 2 aromatic carbocycles. The highest BCUT2D eigenvalue weighted by molar-refractivity contribution is 5.96. The summed E-state index contributed by atoms with van der Waals surface area (Å²) in [6.45, 7) is 3.03. The second-order valence-corrected chi connectivity index (χ2v) is 6.39. The van der Waals surface area contributed by atoms with Gasteiger partial charge in [-0.2, -0.15) is 0 Å². The molecule has 3 aromatic rings. The van der Waals surface area contributed by atoms with Crippen molar-refractivity contribution in [1.82, 2.24) is 5.32 Å². The normalized spacial score (nSPS) is 10.6. The summed E-state index contributed by atoms with van der Waals surface area (Å²) in [4.78, 5) is 35.8. The maximum atomic E-state index is 12.1. The van der Waals surface area contributed by atoms with E-state index in [1.165, 1.54) is 12.1 Å². The van der Waals surface area contributed by atoms with Crippen molar-refractivity contribution in [2.24, 2.45) is 0 Å². The third-order valence-corrected chi connectivity index (χ3v) is 4.28. The molecule has 7 heteroatoms. The lowest BCUT2D eigenvalue weighted by Gasteiger charge is -2.10. The number of aryl methyl sites for hydroxylation is 2. The fourth-order valence-corrected chi connectivity index (χ4v) is 2.79. The number of carbonyl (C=O) groups excluding carboxylic acids is 2. The van der Waals surface area contributed by atoms with Crippen molar-refractivity contribution in [3.63, 3.8) is 0 Å². The Morgan fingerprint density at radius 1 is 1.14 bits per heavy atom. The number of rotatable bonds is 5. The van der Waals surface area contributed by atoms with Crippen LogP contribution in [0.3, 0.4) is 0 Å². The Balaban J connectivity index is 1.66. The maximum absolute atomic E-state index is 12.1. The molecule has 0 radical (unpaired) electrons. The molecule has 2 N–H and O–H groups in total. The molecule has 1 heterocycles. The summed E-state index contributed by atoms with van der Waals surface area (Å²) in [5.74, 6) is -1.01. The van der Waals surface area contributed by atoms with Crippen molar-refractivity contribution in [2.45, 2.75) is 20.5 Å². The topological polar surface area (TPSA) is 106 Å². The molecule has 1 aromatic heterocycles. The predicted molar refractivity (Wildman–Crippen MR) is 102 cm³/mol. The summed E-state index contributed by atoms with van der Waals surface area (Å²) < 4.78 is 10.3. The lowest BCUT2D eigenvalue weighted by atomic mass is 10.1. The molecule has 0 atom stereocenters. The fourth-order valence-electron chi connectivity index (χ4n) is 2.79. The number of esters is 1. The summed E-state index contributed by atoms with van der Waals surface area (Å²) in [5.41, 5.74) is 1.90. The van der Waals surface area contributed by atoms with E-state index in [-0.39, 0.29) is 30.4 Å². The number of hydrogen-bond acceptors (Lipinski definition) is 6. The zero-order chi connectivity index (χ0) is 20.3. The molecule has 0 saturated carbocycles. The van der Waals surface area contributed by atoms with E-state index in [2.05, 4.69) is 5.32 Å². The Kier molecular flexibility index (Phi) is 5.44. The summed E-state index contributed by atoms with van der Waals surface area (Å²) >= 11 is 0. The van der Waals surface area contributed by atoms with Gasteiger partial charge in [-0.05, 0) is 38.1 Å². The number of phenolic OH excluding ortho intramolecular Hbond substituents is 1.